The molecular weight excluding hydrogens is 375 g/mol. The van der Waals surface area contributed by atoms with Crippen molar-refractivity contribution in [3.05, 3.63) is 35.9 Å². The van der Waals surface area contributed by atoms with Crippen molar-refractivity contribution in [3.63, 3.8) is 0 Å². The fourth-order valence-corrected chi connectivity index (χ4v) is 3.77. The van der Waals surface area contributed by atoms with Gasteiger partial charge < -0.3 is 25.2 Å². The average molecular weight is 406 g/mol. The van der Waals surface area contributed by atoms with Crippen LogP contribution in [0.5, 0.6) is 0 Å². The van der Waals surface area contributed by atoms with Gasteiger partial charge in [-0.1, -0.05) is 36.8 Å². The number of carboxylic acids is 1. The van der Waals surface area contributed by atoms with Gasteiger partial charge >= 0.3 is 19.2 Å². The van der Waals surface area contributed by atoms with E-state index < -0.39 is 30.3 Å². The van der Waals surface area contributed by atoms with Crippen LogP contribution in [0, 0.1) is 5.92 Å². The largest absolute Gasteiger partial charge is 0.479 e. The van der Waals surface area contributed by atoms with Gasteiger partial charge in [0.05, 0.1) is 0 Å². The van der Waals surface area contributed by atoms with Crippen molar-refractivity contribution < 1.29 is 29.5 Å². The third-order valence-electron chi connectivity index (χ3n) is 4.88. The number of carbonyl (C=O) groups excluding carboxylic acids is 1. The van der Waals surface area contributed by atoms with Crippen LogP contribution in [-0.2, 0) is 16.1 Å². The monoisotopic (exact) mass is 406 g/mol. The number of ether oxygens (including phenoxy) is 1. The minimum Gasteiger partial charge on any atom is -0.479 e. The first-order valence-electron chi connectivity index (χ1n) is 9.86. The summed E-state index contributed by atoms with van der Waals surface area (Å²) < 4.78 is 5.29. The van der Waals surface area contributed by atoms with Crippen LogP contribution in [0.1, 0.15) is 39.2 Å². The molecule has 1 aliphatic heterocycles. The molecule has 1 aromatic rings. The minimum atomic E-state index is -1.51. The molecular formula is C20H31BN2O6. The van der Waals surface area contributed by atoms with Crippen LogP contribution in [0.3, 0.4) is 0 Å². The molecule has 0 aliphatic carbocycles. The van der Waals surface area contributed by atoms with Crippen molar-refractivity contribution in [3.8, 4) is 0 Å². The van der Waals surface area contributed by atoms with Gasteiger partial charge in [0.25, 0.3) is 0 Å². The Morgan fingerprint density at radius 1 is 1.28 bits per heavy atom. The van der Waals surface area contributed by atoms with Gasteiger partial charge in [0.15, 0.2) is 5.54 Å². The van der Waals surface area contributed by atoms with Gasteiger partial charge in [-0.05, 0) is 45.0 Å². The summed E-state index contributed by atoms with van der Waals surface area (Å²) in [7, 11) is -1.45. The molecule has 1 heterocycles. The molecule has 2 rings (SSSR count). The lowest BCUT2D eigenvalue weighted by Crippen LogP contribution is -2.65. The van der Waals surface area contributed by atoms with Crippen LogP contribution in [0.25, 0.3) is 0 Å². The molecule has 0 bridgehead atoms. The van der Waals surface area contributed by atoms with E-state index in [0.29, 0.717) is 19.5 Å². The number of amides is 1. The van der Waals surface area contributed by atoms with Crippen LogP contribution in [0.15, 0.2) is 30.3 Å². The van der Waals surface area contributed by atoms with Crippen molar-refractivity contribution in [2.24, 2.45) is 5.92 Å². The van der Waals surface area contributed by atoms with Crippen LogP contribution in [-0.4, -0.2) is 63.5 Å². The van der Waals surface area contributed by atoms with Crippen LogP contribution in [0.2, 0.25) is 6.32 Å². The summed E-state index contributed by atoms with van der Waals surface area (Å²) in [5.74, 6) is -1.25. The fourth-order valence-electron chi connectivity index (χ4n) is 3.77. The summed E-state index contributed by atoms with van der Waals surface area (Å²) in [5.41, 5.74) is -1.23. The number of aliphatic carboxylic acids is 1. The van der Waals surface area contributed by atoms with E-state index in [2.05, 4.69) is 5.32 Å². The molecule has 4 N–H and O–H groups in total. The Labute approximate surface area is 172 Å². The first kappa shape index (κ1) is 23.2. The van der Waals surface area contributed by atoms with Crippen LogP contribution in [0.4, 0.5) is 4.79 Å². The van der Waals surface area contributed by atoms with E-state index in [1.807, 2.05) is 35.2 Å². The van der Waals surface area contributed by atoms with Crippen molar-refractivity contribution in [1.82, 2.24) is 10.2 Å². The second kappa shape index (κ2) is 9.60. The smallest absolute Gasteiger partial charge is 0.451 e. The third-order valence-corrected chi connectivity index (χ3v) is 4.88. The Morgan fingerprint density at radius 3 is 2.48 bits per heavy atom. The lowest BCUT2D eigenvalue weighted by molar-refractivity contribution is -0.148. The second-order valence-electron chi connectivity index (χ2n) is 8.80. The lowest BCUT2D eigenvalue weighted by Gasteiger charge is -2.44. The summed E-state index contributed by atoms with van der Waals surface area (Å²) in [6.07, 6.45) is 0.00178. The molecule has 0 spiro atoms. The summed E-state index contributed by atoms with van der Waals surface area (Å²) in [6, 6.07) is 9.68. The van der Waals surface area contributed by atoms with Gasteiger partial charge in [0, 0.05) is 19.6 Å². The first-order valence-corrected chi connectivity index (χ1v) is 9.86. The molecule has 8 nitrogen and oxygen atoms in total. The average Bonchev–Trinajstić information content (AvgIpc) is 2.58. The summed E-state index contributed by atoms with van der Waals surface area (Å²) >= 11 is 0. The molecule has 0 aromatic heterocycles. The Hall–Kier alpha value is -2.10. The van der Waals surface area contributed by atoms with Crippen LogP contribution >= 0.6 is 0 Å². The van der Waals surface area contributed by atoms with Gasteiger partial charge in [-0.3, -0.25) is 4.90 Å². The van der Waals surface area contributed by atoms with E-state index in [-0.39, 0.29) is 25.2 Å². The fraction of sp³-hybridized carbons (Fsp3) is 0.600. The van der Waals surface area contributed by atoms with E-state index in [4.69, 9.17) is 4.74 Å². The number of nitrogens with zero attached hydrogens (tertiary/aromatic N) is 1. The van der Waals surface area contributed by atoms with Crippen molar-refractivity contribution in [1.29, 1.82) is 0 Å². The molecule has 29 heavy (non-hydrogen) atoms. The third kappa shape index (κ3) is 7.34. The molecule has 1 amide bonds. The highest BCUT2D eigenvalue weighted by Gasteiger charge is 2.47. The minimum absolute atomic E-state index is 0.125. The first-order chi connectivity index (χ1) is 13.5. The van der Waals surface area contributed by atoms with Gasteiger partial charge in [0.2, 0.25) is 0 Å². The lowest BCUT2D eigenvalue weighted by atomic mass is 9.75. The highest BCUT2D eigenvalue weighted by atomic mass is 16.6. The van der Waals surface area contributed by atoms with E-state index >= 15 is 0 Å². The molecule has 9 heteroatoms. The Balaban J connectivity index is 2.23. The van der Waals surface area contributed by atoms with E-state index in [1.54, 1.807) is 20.8 Å². The maximum absolute atomic E-state index is 12.4. The number of hydrogen-bond acceptors (Lipinski definition) is 6. The number of rotatable bonds is 7. The summed E-state index contributed by atoms with van der Waals surface area (Å²) in [6.45, 7) is 6.42. The van der Waals surface area contributed by atoms with Crippen molar-refractivity contribution >= 4 is 19.2 Å². The summed E-state index contributed by atoms with van der Waals surface area (Å²) in [5, 5.41) is 31.1. The van der Waals surface area contributed by atoms with Gasteiger partial charge in [-0.2, -0.15) is 0 Å². The molecule has 0 unspecified atom stereocenters. The predicted octanol–water partition coefficient (Wildman–Crippen LogP) is 1.72. The summed E-state index contributed by atoms with van der Waals surface area (Å²) in [4.78, 5) is 26.6. The van der Waals surface area contributed by atoms with E-state index in [9.17, 15) is 24.7 Å². The number of carboxylic acid groups (broad SMARTS) is 1. The zero-order chi connectivity index (χ0) is 21.7. The zero-order valence-corrected chi connectivity index (χ0v) is 17.3. The van der Waals surface area contributed by atoms with Crippen molar-refractivity contribution in [2.45, 2.75) is 57.6 Å². The van der Waals surface area contributed by atoms with Gasteiger partial charge in [0.1, 0.15) is 5.60 Å². The maximum Gasteiger partial charge on any atom is 0.451 e. The molecule has 160 valence electrons. The number of nitrogens with one attached hydrogen (secondary N) is 1. The number of hydrogen-bond donors (Lipinski definition) is 4. The molecule has 1 aromatic carbocycles. The predicted molar refractivity (Wildman–Crippen MR) is 109 cm³/mol. The van der Waals surface area contributed by atoms with Crippen molar-refractivity contribution in [2.75, 3.05) is 13.1 Å². The molecule has 0 saturated carbocycles. The number of likely N-dealkylation sites (tertiary alicyclic amines) is 1. The van der Waals surface area contributed by atoms with Gasteiger partial charge in [-0.25, -0.2) is 9.59 Å². The molecule has 1 saturated heterocycles. The topological polar surface area (TPSA) is 119 Å². The van der Waals surface area contributed by atoms with E-state index in [0.717, 1.165) is 5.56 Å². The zero-order valence-electron chi connectivity index (χ0n) is 17.3. The quantitative estimate of drug-likeness (QED) is 0.509. The Bertz CT molecular complexity index is 694. The Kier molecular flexibility index (Phi) is 7.68. The van der Waals surface area contributed by atoms with E-state index in [1.165, 1.54) is 0 Å². The number of benzene rings is 1. The highest BCUT2D eigenvalue weighted by Crippen LogP contribution is 2.31. The number of carbonyl (C=O) groups is 2. The number of alkyl carbamates (subject to hydrolysis) is 1. The van der Waals surface area contributed by atoms with Crippen LogP contribution < -0.4 is 5.32 Å². The van der Waals surface area contributed by atoms with Gasteiger partial charge in [-0.15, -0.1) is 0 Å². The normalized spacial score (nSPS) is 22.7. The standard InChI is InChI=1S/C20H31BN2O6/c1-19(2,3)29-18(26)22-20(17(24)25)11-16(9-10-21(27)28)13-23(14-20)12-15-7-5-4-6-8-15/h4-8,16,27-28H,9-14H2,1-3H3,(H,22,26)(H,24,25)/t16-,20+/m0/s1. The highest BCUT2D eigenvalue weighted by molar-refractivity contribution is 6.40. The maximum atomic E-state index is 12.4. The molecule has 0 radical (unpaired) electrons. The Morgan fingerprint density at radius 2 is 1.93 bits per heavy atom. The molecule has 1 aliphatic rings. The SMILES string of the molecule is CC(C)(C)OC(=O)N[C@]1(C(=O)O)C[C@H](CCB(O)O)CN(Cc2ccccc2)C1. The molecule has 1 fully saturated rings. The second-order valence-corrected chi connectivity index (χ2v) is 8.80. The molecule has 2 atom stereocenters. The number of piperidine rings is 1.